The van der Waals surface area contributed by atoms with Gasteiger partial charge in [0, 0.05) is 12.6 Å². The van der Waals surface area contributed by atoms with Crippen LogP contribution >= 0.6 is 0 Å². The van der Waals surface area contributed by atoms with Gasteiger partial charge in [-0.2, -0.15) is 0 Å². The number of hydrogen-bond acceptors (Lipinski definition) is 5. The highest BCUT2D eigenvalue weighted by atomic mass is 32.2. The first-order valence-electron chi connectivity index (χ1n) is 9.84. The van der Waals surface area contributed by atoms with Crippen molar-refractivity contribution in [2.24, 2.45) is 5.92 Å². The zero-order chi connectivity index (χ0) is 22.3. The zero-order valence-electron chi connectivity index (χ0n) is 18.1. The van der Waals surface area contributed by atoms with Crippen LogP contribution in [0.1, 0.15) is 49.2 Å². The van der Waals surface area contributed by atoms with Crippen molar-refractivity contribution in [1.82, 2.24) is 10.0 Å². The van der Waals surface area contributed by atoms with Gasteiger partial charge in [0.15, 0.2) is 0 Å². The number of benzene rings is 2. The number of amides is 1. The molecule has 2 rings (SSSR count). The number of nitrogens with one attached hydrogen (secondary N) is 2. The van der Waals surface area contributed by atoms with Crippen molar-refractivity contribution in [3.8, 4) is 11.5 Å². The first-order chi connectivity index (χ1) is 14.2. The van der Waals surface area contributed by atoms with Crippen molar-refractivity contribution in [3.63, 3.8) is 0 Å². The molecular formula is C22H30N2O5S. The minimum absolute atomic E-state index is 0.00632. The van der Waals surface area contributed by atoms with E-state index < -0.39 is 16.1 Å². The molecule has 0 aromatic heterocycles. The summed E-state index contributed by atoms with van der Waals surface area (Å²) in [7, 11) is -0.862. The number of rotatable bonds is 10. The maximum Gasteiger partial charge on any atom is 0.255 e. The van der Waals surface area contributed by atoms with Crippen LogP contribution in [-0.4, -0.2) is 35.1 Å². The molecule has 0 saturated heterocycles. The Kier molecular flexibility index (Phi) is 8.25. The van der Waals surface area contributed by atoms with Gasteiger partial charge in [-0.1, -0.05) is 26.0 Å². The molecule has 7 nitrogen and oxygen atoms in total. The van der Waals surface area contributed by atoms with Crippen LogP contribution in [0.3, 0.4) is 0 Å². The van der Waals surface area contributed by atoms with E-state index in [0.29, 0.717) is 24.5 Å². The Morgan fingerprint density at radius 3 is 2.23 bits per heavy atom. The average molecular weight is 435 g/mol. The molecule has 0 spiro atoms. The molecule has 1 atom stereocenters. The van der Waals surface area contributed by atoms with Gasteiger partial charge < -0.3 is 14.8 Å². The van der Waals surface area contributed by atoms with Crippen LogP contribution in [0.5, 0.6) is 11.5 Å². The monoisotopic (exact) mass is 434 g/mol. The van der Waals surface area contributed by atoms with Gasteiger partial charge in [-0.3, -0.25) is 4.79 Å². The predicted molar refractivity (Wildman–Crippen MR) is 117 cm³/mol. The molecule has 0 aliphatic carbocycles. The lowest BCUT2D eigenvalue weighted by Gasteiger charge is -2.22. The molecule has 0 aliphatic rings. The Morgan fingerprint density at radius 2 is 1.70 bits per heavy atom. The standard InChI is InChI=1S/C22H30N2O5S/c1-6-23-22(25)19-14-18(11-12-21(19)29-5)30(26,27)24-20(13-15(2)3)16-7-9-17(28-4)10-8-16/h7-12,14-15,20,24H,6,13H2,1-5H3,(H,23,25)/t20-/m1/s1. The lowest BCUT2D eigenvalue weighted by Crippen LogP contribution is -2.30. The summed E-state index contributed by atoms with van der Waals surface area (Å²) in [6.45, 7) is 6.28. The Labute approximate surface area is 178 Å². The fraction of sp³-hybridized carbons (Fsp3) is 0.409. The number of carbonyl (C=O) groups is 1. The van der Waals surface area contributed by atoms with E-state index in [1.807, 2.05) is 26.0 Å². The topological polar surface area (TPSA) is 93.7 Å². The molecule has 2 aromatic carbocycles. The van der Waals surface area contributed by atoms with E-state index in [9.17, 15) is 13.2 Å². The zero-order valence-corrected chi connectivity index (χ0v) is 18.9. The van der Waals surface area contributed by atoms with E-state index >= 15 is 0 Å². The fourth-order valence-corrected chi connectivity index (χ4v) is 4.37. The molecule has 0 unspecified atom stereocenters. The minimum Gasteiger partial charge on any atom is -0.497 e. The molecule has 0 heterocycles. The molecule has 0 fully saturated rings. The Hall–Kier alpha value is -2.58. The maximum atomic E-state index is 13.1. The van der Waals surface area contributed by atoms with Gasteiger partial charge in [0.1, 0.15) is 11.5 Å². The number of ether oxygens (including phenoxy) is 2. The third-order valence-corrected chi connectivity index (χ3v) is 6.06. The van der Waals surface area contributed by atoms with E-state index in [1.54, 1.807) is 26.2 Å². The van der Waals surface area contributed by atoms with Crippen LogP contribution in [0.2, 0.25) is 0 Å². The lowest BCUT2D eigenvalue weighted by molar-refractivity contribution is 0.0952. The molecule has 8 heteroatoms. The summed E-state index contributed by atoms with van der Waals surface area (Å²) in [5.41, 5.74) is 1.01. The highest BCUT2D eigenvalue weighted by Crippen LogP contribution is 2.27. The summed E-state index contributed by atoms with van der Waals surface area (Å²) in [6, 6.07) is 11.2. The number of hydrogen-bond donors (Lipinski definition) is 2. The van der Waals surface area contributed by atoms with Crippen molar-refractivity contribution in [3.05, 3.63) is 53.6 Å². The molecular weight excluding hydrogens is 404 g/mol. The normalized spacial score (nSPS) is 12.5. The minimum atomic E-state index is -3.88. The molecule has 0 radical (unpaired) electrons. The van der Waals surface area contributed by atoms with Crippen molar-refractivity contribution in [2.45, 2.75) is 38.1 Å². The van der Waals surface area contributed by atoms with Crippen LogP contribution in [0.15, 0.2) is 47.4 Å². The Morgan fingerprint density at radius 1 is 1.03 bits per heavy atom. The number of carbonyl (C=O) groups excluding carboxylic acids is 1. The van der Waals surface area contributed by atoms with Crippen LogP contribution in [-0.2, 0) is 10.0 Å². The quantitative estimate of drug-likeness (QED) is 0.597. The van der Waals surface area contributed by atoms with Crippen molar-refractivity contribution in [1.29, 1.82) is 0 Å². The first-order valence-corrected chi connectivity index (χ1v) is 11.3. The highest BCUT2D eigenvalue weighted by molar-refractivity contribution is 7.89. The van der Waals surface area contributed by atoms with Crippen molar-refractivity contribution >= 4 is 15.9 Å². The van der Waals surface area contributed by atoms with Gasteiger partial charge >= 0.3 is 0 Å². The second kappa shape index (κ2) is 10.4. The van der Waals surface area contributed by atoms with Crippen LogP contribution in [0.25, 0.3) is 0 Å². The van der Waals surface area contributed by atoms with Crippen LogP contribution < -0.4 is 19.5 Å². The molecule has 164 valence electrons. The second-order valence-electron chi connectivity index (χ2n) is 7.30. The SMILES string of the molecule is CCNC(=O)c1cc(S(=O)(=O)N[C@H](CC(C)C)c2ccc(OC)cc2)ccc1OC. The summed E-state index contributed by atoms with van der Waals surface area (Å²) < 4.78 is 39.5. The molecule has 30 heavy (non-hydrogen) atoms. The third-order valence-electron chi connectivity index (χ3n) is 4.59. The van der Waals surface area contributed by atoms with Gasteiger partial charge in [0.2, 0.25) is 10.0 Å². The number of sulfonamides is 1. The van der Waals surface area contributed by atoms with Crippen molar-refractivity contribution < 1.29 is 22.7 Å². The van der Waals surface area contributed by atoms with Crippen LogP contribution in [0.4, 0.5) is 0 Å². The van der Waals surface area contributed by atoms with Gasteiger partial charge in [-0.25, -0.2) is 13.1 Å². The smallest absolute Gasteiger partial charge is 0.255 e. The van der Waals surface area contributed by atoms with E-state index in [1.165, 1.54) is 25.3 Å². The van der Waals surface area contributed by atoms with Gasteiger partial charge in [-0.05, 0) is 55.2 Å². The van der Waals surface area contributed by atoms with Crippen LogP contribution in [0, 0.1) is 5.92 Å². The molecule has 2 N–H and O–H groups in total. The summed E-state index contributed by atoms with van der Waals surface area (Å²) in [4.78, 5) is 12.3. The maximum absolute atomic E-state index is 13.1. The van der Waals surface area contributed by atoms with Crippen molar-refractivity contribution in [2.75, 3.05) is 20.8 Å². The van der Waals surface area contributed by atoms with Gasteiger partial charge in [0.05, 0.1) is 24.7 Å². The molecule has 0 bridgehead atoms. The summed E-state index contributed by atoms with van der Waals surface area (Å²) in [5.74, 6) is 0.891. The second-order valence-corrected chi connectivity index (χ2v) is 9.01. The fourth-order valence-electron chi connectivity index (χ4n) is 3.10. The Balaban J connectivity index is 2.39. The predicted octanol–water partition coefficient (Wildman–Crippen LogP) is 3.52. The molecule has 0 aliphatic heterocycles. The number of methoxy groups -OCH3 is 2. The largest absolute Gasteiger partial charge is 0.497 e. The summed E-state index contributed by atoms with van der Waals surface area (Å²) in [6.07, 6.45) is 0.616. The molecule has 2 aromatic rings. The first kappa shape index (κ1) is 23.7. The molecule has 1 amide bonds. The third kappa shape index (κ3) is 5.96. The van der Waals surface area contributed by atoms with E-state index in [0.717, 1.165) is 5.56 Å². The van der Waals surface area contributed by atoms with Gasteiger partial charge in [0.25, 0.3) is 5.91 Å². The average Bonchev–Trinajstić information content (AvgIpc) is 2.72. The highest BCUT2D eigenvalue weighted by Gasteiger charge is 2.24. The summed E-state index contributed by atoms with van der Waals surface area (Å²) >= 11 is 0. The lowest BCUT2D eigenvalue weighted by atomic mass is 9.98. The van der Waals surface area contributed by atoms with E-state index in [2.05, 4.69) is 10.0 Å². The Bertz CT molecular complexity index is 956. The van der Waals surface area contributed by atoms with E-state index in [-0.39, 0.29) is 22.3 Å². The molecule has 0 saturated carbocycles. The van der Waals surface area contributed by atoms with E-state index in [4.69, 9.17) is 9.47 Å². The van der Waals surface area contributed by atoms with Gasteiger partial charge in [-0.15, -0.1) is 0 Å². The summed E-state index contributed by atoms with van der Waals surface area (Å²) in [5, 5.41) is 2.67.